The molecular weight excluding hydrogens is 362 g/mol. The van der Waals surface area contributed by atoms with E-state index in [-0.39, 0.29) is 17.4 Å². The Kier molecular flexibility index (Phi) is 5.52. The molecule has 1 heterocycles. The van der Waals surface area contributed by atoms with Crippen LogP contribution >= 0.6 is 11.6 Å². The normalized spacial score (nSPS) is 10.3. The van der Waals surface area contributed by atoms with Gasteiger partial charge in [-0.05, 0) is 55.3 Å². The van der Waals surface area contributed by atoms with Gasteiger partial charge in [0.1, 0.15) is 0 Å². The van der Waals surface area contributed by atoms with Crippen LogP contribution in [0.15, 0.2) is 60.9 Å². The average molecular weight is 380 g/mol. The van der Waals surface area contributed by atoms with Crippen molar-refractivity contribution in [1.29, 1.82) is 0 Å². The summed E-state index contributed by atoms with van der Waals surface area (Å²) < 4.78 is 0. The molecule has 0 bridgehead atoms. The third kappa shape index (κ3) is 4.51. The summed E-state index contributed by atoms with van der Waals surface area (Å²) in [6.45, 7) is 3.77. The first-order valence-corrected chi connectivity index (χ1v) is 8.71. The Labute approximate surface area is 162 Å². The van der Waals surface area contributed by atoms with E-state index in [0.717, 1.165) is 11.1 Å². The fraction of sp³-hybridized carbons (Fsp3) is 0.0952. The molecule has 2 amide bonds. The van der Waals surface area contributed by atoms with Crippen molar-refractivity contribution in [3.63, 3.8) is 0 Å². The summed E-state index contributed by atoms with van der Waals surface area (Å²) in [6.07, 6.45) is 2.84. The summed E-state index contributed by atoms with van der Waals surface area (Å²) >= 11 is 6.08. The van der Waals surface area contributed by atoms with Gasteiger partial charge in [-0.15, -0.1) is 0 Å². The molecule has 6 heteroatoms. The van der Waals surface area contributed by atoms with Crippen LogP contribution in [0.3, 0.4) is 0 Å². The highest BCUT2D eigenvalue weighted by molar-refractivity contribution is 6.31. The number of rotatable bonds is 4. The molecule has 0 aliphatic carbocycles. The molecular formula is C21H18ClN3O2. The number of hydrogen-bond acceptors (Lipinski definition) is 3. The fourth-order valence-electron chi connectivity index (χ4n) is 2.55. The highest BCUT2D eigenvalue weighted by Crippen LogP contribution is 2.23. The first kappa shape index (κ1) is 18.6. The SMILES string of the molecule is Cc1cccc(NC(=O)c2cncc(C(=O)Nc3cccc(Cl)c3C)c2)c1. The summed E-state index contributed by atoms with van der Waals surface area (Å²) in [6, 6.07) is 14.3. The molecule has 3 rings (SSSR count). The Hall–Kier alpha value is -3.18. The summed E-state index contributed by atoms with van der Waals surface area (Å²) in [4.78, 5) is 29.0. The van der Waals surface area contributed by atoms with Crippen molar-refractivity contribution in [2.45, 2.75) is 13.8 Å². The smallest absolute Gasteiger partial charge is 0.257 e. The number of anilines is 2. The molecule has 0 aliphatic heterocycles. The van der Waals surface area contributed by atoms with Gasteiger partial charge in [0.15, 0.2) is 0 Å². The van der Waals surface area contributed by atoms with Gasteiger partial charge in [0.2, 0.25) is 0 Å². The number of nitrogens with one attached hydrogen (secondary N) is 2. The second kappa shape index (κ2) is 8.01. The number of pyridine rings is 1. The molecule has 0 aliphatic rings. The number of nitrogens with zero attached hydrogens (tertiary/aromatic N) is 1. The molecule has 0 spiro atoms. The van der Waals surface area contributed by atoms with Crippen LogP contribution in [-0.2, 0) is 0 Å². The molecule has 0 saturated heterocycles. The van der Waals surface area contributed by atoms with Crippen molar-refractivity contribution < 1.29 is 9.59 Å². The molecule has 1 aromatic heterocycles. The number of amides is 2. The van der Waals surface area contributed by atoms with E-state index in [0.29, 0.717) is 22.0 Å². The Morgan fingerprint density at radius 1 is 0.889 bits per heavy atom. The maximum atomic E-state index is 12.5. The molecule has 0 fully saturated rings. The Morgan fingerprint density at radius 3 is 2.26 bits per heavy atom. The molecule has 2 N–H and O–H groups in total. The van der Waals surface area contributed by atoms with E-state index in [2.05, 4.69) is 15.6 Å². The van der Waals surface area contributed by atoms with Crippen molar-refractivity contribution in [1.82, 2.24) is 4.98 Å². The second-order valence-electron chi connectivity index (χ2n) is 6.15. The van der Waals surface area contributed by atoms with E-state index in [1.165, 1.54) is 18.5 Å². The highest BCUT2D eigenvalue weighted by Gasteiger charge is 2.13. The zero-order chi connectivity index (χ0) is 19.4. The lowest BCUT2D eigenvalue weighted by Gasteiger charge is -2.10. The average Bonchev–Trinajstić information content (AvgIpc) is 2.65. The van der Waals surface area contributed by atoms with Gasteiger partial charge in [-0.2, -0.15) is 0 Å². The van der Waals surface area contributed by atoms with Crippen LogP contribution in [0, 0.1) is 13.8 Å². The molecule has 0 unspecified atom stereocenters. The standard InChI is InChI=1S/C21H18ClN3O2/c1-13-5-3-6-17(9-13)24-20(26)15-10-16(12-23-11-15)21(27)25-19-8-4-7-18(22)14(19)2/h3-12H,1-2H3,(H,24,26)(H,25,27). The number of halogens is 1. The van der Waals surface area contributed by atoms with Gasteiger partial charge in [-0.25, -0.2) is 0 Å². The van der Waals surface area contributed by atoms with Crippen LogP contribution in [0.1, 0.15) is 31.8 Å². The van der Waals surface area contributed by atoms with Crippen molar-refractivity contribution in [3.8, 4) is 0 Å². The largest absolute Gasteiger partial charge is 0.322 e. The summed E-state index contributed by atoms with van der Waals surface area (Å²) in [7, 11) is 0. The van der Waals surface area contributed by atoms with Crippen molar-refractivity contribution in [2.24, 2.45) is 0 Å². The minimum Gasteiger partial charge on any atom is -0.322 e. The first-order chi connectivity index (χ1) is 12.9. The van der Waals surface area contributed by atoms with E-state index in [1.807, 2.05) is 32.0 Å². The van der Waals surface area contributed by atoms with Crippen LogP contribution in [-0.4, -0.2) is 16.8 Å². The number of carbonyl (C=O) groups is 2. The molecule has 3 aromatic rings. The fourth-order valence-corrected chi connectivity index (χ4v) is 2.73. The zero-order valence-electron chi connectivity index (χ0n) is 14.9. The van der Waals surface area contributed by atoms with Gasteiger partial charge in [-0.1, -0.05) is 29.8 Å². The van der Waals surface area contributed by atoms with Crippen molar-refractivity contribution in [2.75, 3.05) is 10.6 Å². The zero-order valence-corrected chi connectivity index (χ0v) is 15.7. The lowest BCUT2D eigenvalue weighted by Crippen LogP contribution is -2.16. The molecule has 0 radical (unpaired) electrons. The number of hydrogen-bond donors (Lipinski definition) is 2. The van der Waals surface area contributed by atoms with Crippen LogP contribution in [0.2, 0.25) is 5.02 Å². The first-order valence-electron chi connectivity index (χ1n) is 8.33. The predicted molar refractivity (Wildman–Crippen MR) is 108 cm³/mol. The molecule has 136 valence electrons. The van der Waals surface area contributed by atoms with Crippen molar-refractivity contribution >= 4 is 34.8 Å². The summed E-state index contributed by atoms with van der Waals surface area (Å²) in [5.74, 6) is -0.695. The van der Waals surface area contributed by atoms with Gasteiger partial charge in [0, 0.05) is 28.8 Å². The summed E-state index contributed by atoms with van der Waals surface area (Å²) in [5.41, 5.74) is 3.69. The van der Waals surface area contributed by atoms with Crippen LogP contribution < -0.4 is 10.6 Å². The molecule has 2 aromatic carbocycles. The van der Waals surface area contributed by atoms with Crippen LogP contribution in [0.4, 0.5) is 11.4 Å². The van der Waals surface area contributed by atoms with Gasteiger partial charge in [0.05, 0.1) is 11.1 Å². The third-order valence-corrected chi connectivity index (χ3v) is 4.46. The van der Waals surface area contributed by atoms with Gasteiger partial charge in [-0.3, -0.25) is 14.6 Å². The summed E-state index contributed by atoms with van der Waals surface area (Å²) in [5, 5.41) is 6.17. The monoisotopic (exact) mass is 379 g/mol. The van der Waals surface area contributed by atoms with Gasteiger partial charge < -0.3 is 10.6 Å². The van der Waals surface area contributed by atoms with E-state index in [1.54, 1.807) is 24.3 Å². The minimum absolute atomic E-state index is 0.284. The third-order valence-electron chi connectivity index (χ3n) is 4.05. The van der Waals surface area contributed by atoms with E-state index in [4.69, 9.17) is 11.6 Å². The predicted octanol–water partition coefficient (Wildman–Crippen LogP) is 4.86. The van der Waals surface area contributed by atoms with Crippen LogP contribution in [0.25, 0.3) is 0 Å². The lowest BCUT2D eigenvalue weighted by atomic mass is 10.1. The molecule has 0 saturated carbocycles. The van der Waals surface area contributed by atoms with Gasteiger partial charge in [0.25, 0.3) is 11.8 Å². The number of benzene rings is 2. The second-order valence-corrected chi connectivity index (χ2v) is 6.56. The van der Waals surface area contributed by atoms with Crippen molar-refractivity contribution in [3.05, 3.63) is 88.2 Å². The lowest BCUT2D eigenvalue weighted by molar-refractivity contribution is 0.102. The maximum absolute atomic E-state index is 12.5. The van der Waals surface area contributed by atoms with E-state index in [9.17, 15) is 9.59 Å². The number of carbonyl (C=O) groups excluding carboxylic acids is 2. The van der Waals surface area contributed by atoms with E-state index < -0.39 is 0 Å². The quantitative estimate of drug-likeness (QED) is 0.680. The van der Waals surface area contributed by atoms with Gasteiger partial charge >= 0.3 is 0 Å². The van der Waals surface area contributed by atoms with Crippen LogP contribution in [0.5, 0.6) is 0 Å². The molecule has 27 heavy (non-hydrogen) atoms. The highest BCUT2D eigenvalue weighted by atomic mass is 35.5. The number of aryl methyl sites for hydroxylation is 1. The Balaban J connectivity index is 1.77. The molecule has 0 atom stereocenters. The minimum atomic E-state index is -0.363. The van der Waals surface area contributed by atoms with E-state index >= 15 is 0 Å². The Morgan fingerprint density at radius 2 is 1.56 bits per heavy atom. The molecule has 5 nitrogen and oxygen atoms in total. The number of aromatic nitrogens is 1. The topological polar surface area (TPSA) is 71.1 Å². The Bertz CT molecular complexity index is 1020. The maximum Gasteiger partial charge on any atom is 0.257 e.